The molecule has 5 nitrogen and oxygen atoms in total. The van der Waals surface area contributed by atoms with E-state index < -0.39 is 0 Å². The molecule has 0 aliphatic rings. The average molecular weight is 272 g/mol. The molecule has 2 amide bonds. The van der Waals surface area contributed by atoms with Gasteiger partial charge in [0.05, 0.1) is 7.11 Å². The number of nitrogens with one attached hydrogen (secondary N) is 2. The Morgan fingerprint density at radius 2 is 1.65 bits per heavy atom. The number of amides is 2. The van der Waals surface area contributed by atoms with Crippen molar-refractivity contribution in [3.05, 3.63) is 48.5 Å². The van der Waals surface area contributed by atoms with Crippen LogP contribution in [0.5, 0.6) is 17.2 Å². The molecular weight excluding hydrogens is 256 g/mol. The summed E-state index contributed by atoms with van der Waals surface area (Å²) in [7, 11) is 3.16. The number of anilines is 1. The number of benzene rings is 2. The zero-order valence-electron chi connectivity index (χ0n) is 11.3. The quantitative estimate of drug-likeness (QED) is 0.898. The van der Waals surface area contributed by atoms with Crippen molar-refractivity contribution in [3.63, 3.8) is 0 Å². The molecule has 2 aromatic rings. The molecule has 20 heavy (non-hydrogen) atoms. The zero-order valence-corrected chi connectivity index (χ0v) is 11.3. The molecule has 5 heteroatoms. The SMILES string of the molecule is CNC(=O)Nc1ccc(Oc2ccccc2OC)cc1. The van der Waals surface area contributed by atoms with Crippen LogP contribution in [0.3, 0.4) is 0 Å². The third-order valence-corrected chi connectivity index (χ3v) is 2.64. The van der Waals surface area contributed by atoms with Crippen molar-refractivity contribution >= 4 is 11.7 Å². The summed E-state index contributed by atoms with van der Waals surface area (Å²) < 4.78 is 11.0. The molecule has 0 spiro atoms. The van der Waals surface area contributed by atoms with Gasteiger partial charge in [-0.3, -0.25) is 0 Å². The Balaban J connectivity index is 2.09. The predicted molar refractivity (Wildman–Crippen MR) is 77.6 cm³/mol. The van der Waals surface area contributed by atoms with Gasteiger partial charge in [0.2, 0.25) is 0 Å². The highest BCUT2D eigenvalue weighted by molar-refractivity contribution is 5.88. The van der Waals surface area contributed by atoms with Crippen LogP contribution in [0, 0.1) is 0 Å². The fraction of sp³-hybridized carbons (Fsp3) is 0.133. The summed E-state index contributed by atoms with van der Waals surface area (Å²) in [4.78, 5) is 11.2. The first kappa shape index (κ1) is 13.7. The molecule has 0 heterocycles. The van der Waals surface area contributed by atoms with E-state index >= 15 is 0 Å². The molecule has 0 saturated heterocycles. The van der Waals surface area contributed by atoms with Gasteiger partial charge in [0.25, 0.3) is 0 Å². The number of methoxy groups -OCH3 is 1. The van der Waals surface area contributed by atoms with Crippen molar-refractivity contribution in [2.24, 2.45) is 0 Å². The summed E-state index contributed by atoms with van der Waals surface area (Å²) in [5, 5.41) is 5.16. The van der Waals surface area contributed by atoms with E-state index in [-0.39, 0.29) is 6.03 Å². The minimum Gasteiger partial charge on any atom is -0.493 e. The highest BCUT2D eigenvalue weighted by atomic mass is 16.5. The minimum atomic E-state index is -0.261. The van der Waals surface area contributed by atoms with E-state index in [2.05, 4.69) is 10.6 Å². The molecule has 0 unspecified atom stereocenters. The maximum atomic E-state index is 11.2. The maximum absolute atomic E-state index is 11.2. The van der Waals surface area contributed by atoms with Gasteiger partial charge in [-0.15, -0.1) is 0 Å². The van der Waals surface area contributed by atoms with Gasteiger partial charge in [-0.2, -0.15) is 0 Å². The average Bonchev–Trinajstić information content (AvgIpc) is 2.49. The number of hydrogen-bond donors (Lipinski definition) is 2. The number of rotatable bonds is 4. The Kier molecular flexibility index (Phi) is 4.44. The van der Waals surface area contributed by atoms with Crippen molar-refractivity contribution in [2.75, 3.05) is 19.5 Å². The minimum absolute atomic E-state index is 0.261. The fourth-order valence-electron chi connectivity index (χ4n) is 1.63. The van der Waals surface area contributed by atoms with E-state index in [0.29, 0.717) is 22.9 Å². The molecular formula is C15H16N2O3. The van der Waals surface area contributed by atoms with Crippen LogP contribution in [-0.4, -0.2) is 20.2 Å². The second-order valence-corrected chi connectivity index (χ2v) is 3.98. The van der Waals surface area contributed by atoms with Gasteiger partial charge < -0.3 is 20.1 Å². The number of para-hydroxylation sites is 2. The van der Waals surface area contributed by atoms with Crippen LogP contribution in [0.4, 0.5) is 10.5 Å². The van der Waals surface area contributed by atoms with E-state index in [1.165, 1.54) is 0 Å². The highest BCUT2D eigenvalue weighted by Crippen LogP contribution is 2.31. The van der Waals surface area contributed by atoms with Crippen molar-refractivity contribution in [2.45, 2.75) is 0 Å². The Labute approximate surface area is 117 Å². The van der Waals surface area contributed by atoms with Gasteiger partial charge in [0, 0.05) is 12.7 Å². The molecule has 2 N–H and O–H groups in total. The number of carbonyl (C=O) groups is 1. The van der Waals surface area contributed by atoms with Gasteiger partial charge in [-0.05, 0) is 36.4 Å². The third-order valence-electron chi connectivity index (χ3n) is 2.64. The Morgan fingerprint density at radius 1 is 1.00 bits per heavy atom. The number of carbonyl (C=O) groups excluding carboxylic acids is 1. The molecule has 2 rings (SSSR count). The van der Waals surface area contributed by atoms with Crippen molar-refractivity contribution in [3.8, 4) is 17.2 Å². The van der Waals surface area contributed by atoms with Crippen LogP contribution in [0.25, 0.3) is 0 Å². The lowest BCUT2D eigenvalue weighted by molar-refractivity contribution is 0.254. The molecule has 0 aromatic heterocycles. The molecule has 0 atom stereocenters. The summed E-state index contributed by atoms with van der Waals surface area (Å²) in [5.41, 5.74) is 0.691. The van der Waals surface area contributed by atoms with Crippen molar-refractivity contribution in [1.29, 1.82) is 0 Å². The summed E-state index contributed by atoms with van der Waals surface area (Å²) >= 11 is 0. The molecule has 104 valence electrons. The van der Waals surface area contributed by atoms with E-state index in [4.69, 9.17) is 9.47 Å². The van der Waals surface area contributed by atoms with Gasteiger partial charge in [-0.25, -0.2) is 4.79 Å². The topological polar surface area (TPSA) is 59.6 Å². The Bertz CT molecular complexity index is 582. The number of ether oxygens (including phenoxy) is 2. The van der Waals surface area contributed by atoms with Crippen LogP contribution in [0.2, 0.25) is 0 Å². The van der Waals surface area contributed by atoms with Crippen LogP contribution >= 0.6 is 0 Å². The smallest absolute Gasteiger partial charge is 0.318 e. The molecule has 0 aliphatic carbocycles. The molecule has 0 bridgehead atoms. The normalized spacial score (nSPS) is 9.70. The standard InChI is InChI=1S/C15H16N2O3/c1-16-15(18)17-11-7-9-12(10-8-11)20-14-6-4-3-5-13(14)19-2/h3-10H,1-2H3,(H2,16,17,18). The Hall–Kier alpha value is -2.69. The summed E-state index contributed by atoms with van der Waals surface area (Å²) in [6.07, 6.45) is 0. The molecule has 0 radical (unpaired) electrons. The Morgan fingerprint density at radius 3 is 2.25 bits per heavy atom. The monoisotopic (exact) mass is 272 g/mol. The third kappa shape index (κ3) is 3.41. The van der Waals surface area contributed by atoms with Gasteiger partial charge in [-0.1, -0.05) is 12.1 Å². The van der Waals surface area contributed by atoms with Crippen molar-refractivity contribution in [1.82, 2.24) is 5.32 Å². The van der Waals surface area contributed by atoms with Gasteiger partial charge in [0.15, 0.2) is 11.5 Å². The first-order valence-corrected chi connectivity index (χ1v) is 6.12. The van der Waals surface area contributed by atoms with Gasteiger partial charge in [0.1, 0.15) is 5.75 Å². The molecule has 0 fully saturated rings. The first-order valence-electron chi connectivity index (χ1n) is 6.12. The lowest BCUT2D eigenvalue weighted by Crippen LogP contribution is -2.24. The second-order valence-electron chi connectivity index (χ2n) is 3.98. The summed E-state index contributed by atoms with van der Waals surface area (Å²) in [6, 6.07) is 14.2. The summed E-state index contributed by atoms with van der Waals surface area (Å²) in [6.45, 7) is 0. The van der Waals surface area contributed by atoms with E-state index in [9.17, 15) is 4.79 Å². The molecule has 2 aromatic carbocycles. The first-order chi connectivity index (χ1) is 9.72. The fourth-order valence-corrected chi connectivity index (χ4v) is 1.63. The zero-order chi connectivity index (χ0) is 14.4. The number of urea groups is 1. The second kappa shape index (κ2) is 6.47. The van der Waals surface area contributed by atoms with E-state index in [0.717, 1.165) is 0 Å². The van der Waals surface area contributed by atoms with Crippen LogP contribution in [0.1, 0.15) is 0 Å². The highest BCUT2D eigenvalue weighted by Gasteiger charge is 2.04. The maximum Gasteiger partial charge on any atom is 0.318 e. The van der Waals surface area contributed by atoms with Crippen LogP contribution in [0.15, 0.2) is 48.5 Å². The predicted octanol–water partition coefficient (Wildman–Crippen LogP) is 3.24. The molecule has 0 aliphatic heterocycles. The van der Waals surface area contributed by atoms with Crippen LogP contribution in [-0.2, 0) is 0 Å². The van der Waals surface area contributed by atoms with E-state index in [1.54, 1.807) is 38.4 Å². The summed E-state index contributed by atoms with van der Waals surface area (Å²) in [5.74, 6) is 1.97. The molecule has 0 saturated carbocycles. The van der Waals surface area contributed by atoms with Gasteiger partial charge >= 0.3 is 6.03 Å². The van der Waals surface area contributed by atoms with E-state index in [1.807, 2.05) is 24.3 Å². The lowest BCUT2D eigenvalue weighted by atomic mass is 10.3. The van der Waals surface area contributed by atoms with Crippen LogP contribution < -0.4 is 20.1 Å². The lowest BCUT2D eigenvalue weighted by Gasteiger charge is -2.10. The van der Waals surface area contributed by atoms with Crippen molar-refractivity contribution < 1.29 is 14.3 Å². The number of hydrogen-bond acceptors (Lipinski definition) is 3. The largest absolute Gasteiger partial charge is 0.493 e.